The number of amides is 1. The molecule has 0 spiro atoms. The maximum Gasteiger partial charge on any atom is 0.266 e. The summed E-state index contributed by atoms with van der Waals surface area (Å²) in [5.41, 5.74) is 0.928. The van der Waals surface area contributed by atoms with Crippen LogP contribution < -0.4 is 10.1 Å². The zero-order chi connectivity index (χ0) is 15.4. The van der Waals surface area contributed by atoms with Crippen molar-refractivity contribution < 1.29 is 9.53 Å². The first-order valence-electron chi connectivity index (χ1n) is 6.70. The van der Waals surface area contributed by atoms with Crippen molar-refractivity contribution in [2.24, 2.45) is 0 Å². The summed E-state index contributed by atoms with van der Waals surface area (Å²) < 4.78 is 7.26. The van der Waals surface area contributed by atoms with Crippen LogP contribution in [0.4, 0.5) is 5.13 Å². The third-order valence-electron chi connectivity index (χ3n) is 2.91. The van der Waals surface area contributed by atoms with Crippen molar-refractivity contribution in [1.82, 2.24) is 14.8 Å². The van der Waals surface area contributed by atoms with E-state index in [9.17, 15) is 4.79 Å². The molecule has 0 aliphatic heterocycles. The molecule has 1 atom stereocenters. The van der Waals surface area contributed by atoms with Gasteiger partial charge in [0.25, 0.3) is 5.91 Å². The standard InChI is InChI=1S/C15H14N4O2S/c1-11(14(20)17-15-16-8-10-22-15)21-13-7-9-19(18-13)12-5-3-2-4-6-12/h2-11H,1H3,(H,16,17,20)/t11-/m1/s1. The Bertz CT molecular complexity index is 740. The molecule has 0 aliphatic rings. The van der Waals surface area contributed by atoms with Gasteiger partial charge in [0, 0.05) is 23.8 Å². The molecule has 0 saturated heterocycles. The van der Waals surface area contributed by atoms with E-state index >= 15 is 0 Å². The second kappa shape index (κ2) is 6.40. The number of rotatable bonds is 5. The average molecular weight is 314 g/mol. The zero-order valence-electron chi connectivity index (χ0n) is 11.8. The van der Waals surface area contributed by atoms with Gasteiger partial charge in [-0.15, -0.1) is 16.4 Å². The molecule has 22 heavy (non-hydrogen) atoms. The Morgan fingerprint density at radius 3 is 2.86 bits per heavy atom. The number of ether oxygens (including phenoxy) is 1. The summed E-state index contributed by atoms with van der Waals surface area (Å²) in [6, 6.07) is 11.4. The predicted molar refractivity (Wildman–Crippen MR) is 84.4 cm³/mol. The van der Waals surface area contributed by atoms with Gasteiger partial charge in [-0.1, -0.05) is 18.2 Å². The van der Waals surface area contributed by atoms with Crippen molar-refractivity contribution in [3.05, 3.63) is 54.2 Å². The van der Waals surface area contributed by atoms with Gasteiger partial charge in [-0.3, -0.25) is 10.1 Å². The van der Waals surface area contributed by atoms with Crippen LogP contribution in [-0.4, -0.2) is 26.8 Å². The molecule has 1 aromatic carbocycles. The molecule has 0 aliphatic carbocycles. The van der Waals surface area contributed by atoms with E-state index in [1.54, 1.807) is 35.4 Å². The molecule has 2 aromatic heterocycles. The van der Waals surface area contributed by atoms with Crippen LogP contribution in [0, 0.1) is 0 Å². The lowest BCUT2D eigenvalue weighted by molar-refractivity contribution is -0.122. The molecule has 7 heteroatoms. The fraction of sp³-hybridized carbons (Fsp3) is 0.133. The Balaban J connectivity index is 1.63. The smallest absolute Gasteiger partial charge is 0.266 e. The van der Waals surface area contributed by atoms with E-state index in [0.29, 0.717) is 11.0 Å². The van der Waals surface area contributed by atoms with Crippen molar-refractivity contribution in [3.63, 3.8) is 0 Å². The Hall–Kier alpha value is -2.67. The van der Waals surface area contributed by atoms with Gasteiger partial charge in [0.2, 0.25) is 5.88 Å². The highest BCUT2D eigenvalue weighted by molar-refractivity contribution is 7.13. The summed E-state index contributed by atoms with van der Waals surface area (Å²) in [5, 5.41) is 9.34. The molecule has 0 fully saturated rings. The zero-order valence-corrected chi connectivity index (χ0v) is 12.7. The molecule has 0 bridgehead atoms. The number of thiazole rings is 1. The normalized spacial score (nSPS) is 11.9. The van der Waals surface area contributed by atoms with Crippen molar-refractivity contribution in [2.45, 2.75) is 13.0 Å². The van der Waals surface area contributed by atoms with Gasteiger partial charge in [-0.25, -0.2) is 9.67 Å². The molecule has 1 amide bonds. The number of aromatic nitrogens is 3. The summed E-state index contributed by atoms with van der Waals surface area (Å²) in [5.74, 6) is 0.134. The number of carbonyl (C=O) groups is 1. The highest BCUT2D eigenvalue weighted by Crippen LogP contribution is 2.15. The van der Waals surface area contributed by atoms with E-state index in [0.717, 1.165) is 5.69 Å². The average Bonchev–Trinajstić information content (AvgIpc) is 3.20. The fourth-order valence-electron chi connectivity index (χ4n) is 1.82. The second-order valence-electron chi connectivity index (χ2n) is 4.52. The predicted octanol–water partition coefficient (Wildman–Crippen LogP) is 2.73. The first-order chi connectivity index (χ1) is 10.7. The minimum absolute atomic E-state index is 0.260. The number of anilines is 1. The summed E-state index contributed by atoms with van der Waals surface area (Å²) in [6.45, 7) is 1.67. The van der Waals surface area contributed by atoms with Crippen LogP contribution in [0.2, 0.25) is 0 Å². The van der Waals surface area contributed by atoms with E-state index in [1.165, 1.54) is 11.3 Å². The topological polar surface area (TPSA) is 69.0 Å². The number of hydrogen-bond donors (Lipinski definition) is 1. The highest BCUT2D eigenvalue weighted by atomic mass is 32.1. The maximum absolute atomic E-state index is 12.0. The van der Waals surface area contributed by atoms with Gasteiger partial charge in [-0.2, -0.15) is 0 Å². The van der Waals surface area contributed by atoms with Crippen LogP contribution in [0.15, 0.2) is 54.2 Å². The van der Waals surface area contributed by atoms with Gasteiger partial charge < -0.3 is 4.74 Å². The van der Waals surface area contributed by atoms with E-state index in [2.05, 4.69) is 15.4 Å². The van der Waals surface area contributed by atoms with Gasteiger partial charge in [-0.05, 0) is 19.1 Å². The van der Waals surface area contributed by atoms with Gasteiger partial charge in [0.1, 0.15) is 0 Å². The number of carbonyl (C=O) groups excluding carboxylic acids is 1. The number of nitrogens with zero attached hydrogens (tertiary/aromatic N) is 3. The molecule has 3 rings (SSSR count). The molecule has 112 valence electrons. The Labute approximate surface area is 131 Å². The van der Waals surface area contributed by atoms with Crippen molar-refractivity contribution in [1.29, 1.82) is 0 Å². The van der Waals surface area contributed by atoms with Crippen molar-refractivity contribution in [3.8, 4) is 11.6 Å². The minimum Gasteiger partial charge on any atom is -0.463 e. The molecule has 6 nitrogen and oxygen atoms in total. The largest absolute Gasteiger partial charge is 0.463 e. The van der Waals surface area contributed by atoms with Crippen LogP contribution >= 0.6 is 11.3 Å². The maximum atomic E-state index is 12.0. The second-order valence-corrected chi connectivity index (χ2v) is 5.42. The summed E-state index contributed by atoms with van der Waals surface area (Å²) >= 11 is 1.36. The number of benzene rings is 1. The third kappa shape index (κ3) is 3.32. The van der Waals surface area contributed by atoms with Crippen molar-refractivity contribution in [2.75, 3.05) is 5.32 Å². The van der Waals surface area contributed by atoms with E-state index in [4.69, 9.17) is 4.74 Å². The molecule has 0 radical (unpaired) electrons. The van der Waals surface area contributed by atoms with E-state index in [1.807, 2.05) is 30.3 Å². The van der Waals surface area contributed by atoms with Gasteiger partial charge in [0.15, 0.2) is 11.2 Å². The van der Waals surface area contributed by atoms with E-state index < -0.39 is 6.10 Å². The molecule has 0 saturated carbocycles. The Kier molecular flexibility index (Phi) is 4.15. The number of hydrogen-bond acceptors (Lipinski definition) is 5. The van der Waals surface area contributed by atoms with Crippen LogP contribution in [0.3, 0.4) is 0 Å². The SMILES string of the molecule is C[C@@H](Oc1ccn(-c2ccccc2)n1)C(=O)Nc1nccs1. The first kappa shape index (κ1) is 14.3. The Morgan fingerprint density at radius 1 is 1.32 bits per heavy atom. The van der Waals surface area contributed by atoms with E-state index in [-0.39, 0.29) is 5.91 Å². The van der Waals surface area contributed by atoms with Crippen molar-refractivity contribution >= 4 is 22.4 Å². The summed E-state index contributed by atoms with van der Waals surface area (Å²) in [6.07, 6.45) is 2.76. The van der Waals surface area contributed by atoms with Crippen LogP contribution in [0.5, 0.6) is 5.88 Å². The molecule has 0 unspecified atom stereocenters. The summed E-state index contributed by atoms with van der Waals surface area (Å²) in [4.78, 5) is 16.0. The lowest BCUT2D eigenvalue weighted by Gasteiger charge is -2.11. The molecule has 3 aromatic rings. The van der Waals surface area contributed by atoms with Crippen LogP contribution in [0.1, 0.15) is 6.92 Å². The minimum atomic E-state index is -0.664. The van der Waals surface area contributed by atoms with Gasteiger partial charge >= 0.3 is 0 Å². The molecular formula is C15H14N4O2S. The number of para-hydroxylation sites is 1. The number of nitrogens with one attached hydrogen (secondary N) is 1. The quantitative estimate of drug-likeness (QED) is 0.786. The lowest BCUT2D eigenvalue weighted by atomic mass is 10.3. The monoisotopic (exact) mass is 314 g/mol. The fourth-order valence-corrected chi connectivity index (χ4v) is 2.35. The van der Waals surface area contributed by atoms with Gasteiger partial charge in [0.05, 0.1) is 5.69 Å². The van der Waals surface area contributed by atoms with Crippen LogP contribution in [0.25, 0.3) is 5.69 Å². The first-order valence-corrected chi connectivity index (χ1v) is 7.58. The highest BCUT2D eigenvalue weighted by Gasteiger charge is 2.17. The Morgan fingerprint density at radius 2 is 2.14 bits per heavy atom. The van der Waals surface area contributed by atoms with Crippen LogP contribution in [-0.2, 0) is 4.79 Å². The third-order valence-corrected chi connectivity index (χ3v) is 3.60. The molecular weight excluding hydrogens is 300 g/mol. The summed E-state index contributed by atoms with van der Waals surface area (Å²) in [7, 11) is 0. The molecule has 1 N–H and O–H groups in total. The lowest BCUT2D eigenvalue weighted by Crippen LogP contribution is -2.30. The molecule has 2 heterocycles.